The van der Waals surface area contributed by atoms with E-state index in [9.17, 15) is 5.11 Å². The SMILES string of the molecule is COc1c(CO)cc(OC)c2c1c1ccccc1n2Cc1ccccc1. The van der Waals surface area contributed by atoms with E-state index in [2.05, 4.69) is 28.8 Å². The van der Waals surface area contributed by atoms with Crippen molar-refractivity contribution >= 4 is 21.8 Å². The molecule has 1 N–H and O–H groups in total. The van der Waals surface area contributed by atoms with Crippen molar-refractivity contribution in [3.8, 4) is 11.5 Å². The zero-order valence-corrected chi connectivity index (χ0v) is 14.9. The van der Waals surface area contributed by atoms with Crippen molar-refractivity contribution in [2.24, 2.45) is 0 Å². The van der Waals surface area contributed by atoms with Gasteiger partial charge in [-0.25, -0.2) is 0 Å². The molecule has 0 radical (unpaired) electrons. The zero-order valence-electron chi connectivity index (χ0n) is 14.9. The minimum absolute atomic E-state index is 0.104. The molecular weight excluding hydrogens is 326 g/mol. The van der Waals surface area contributed by atoms with E-state index in [-0.39, 0.29) is 6.61 Å². The van der Waals surface area contributed by atoms with E-state index >= 15 is 0 Å². The molecule has 1 heterocycles. The highest BCUT2D eigenvalue weighted by atomic mass is 16.5. The van der Waals surface area contributed by atoms with Crippen LogP contribution in [0.2, 0.25) is 0 Å². The molecule has 0 aliphatic rings. The Morgan fingerprint density at radius 3 is 2.35 bits per heavy atom. The van der Waals surface area contributed by atoms with E-state index in [1.807, 2.05) is 36.4 Å². The molecule has 0 aliphatic heterocycles. The normalized spacial score (nSPS) is 11.2. The van der Waals surface area contributed by atoms with Gasteiger partial charge in [-0.1, -0.05) is 48.5 Å². The smallest absolute Gasteiger partial charge is 0.143 e. The molecule has 0 saturated heterocycles. The van der Waals surface area contributed by atoms with E-state index in [0.29, 0.717) is 5.75 Å². The van der Waals surface area contributed by atoms with Crippen molar-refractivity contribution in [2.45, 2.75) is 13.2 Å². The summed E-state index contributed by atoms with van der Waals surface area (Å²) in [6.45, 7) is 0.622. The fourth-order valence-electron chi connectivity index (χ4n) is 3.68. The highest BCUT2D eigenvalue weighted by Gasteiger charge is 2.21. The van der Waals surface area contributed by atoms with E-state index < -0.39 is 0 Å². The van der Waals surface area contributed by atoms with Gasteiger partial charge >= 0.3 is 0 Å². The lowest BCUT2D eigenvalue weighted by Crippen LogP contribution is -2.02. The lowest BCUT2D eigenvalue weighted by Gasteiger charge is -2.14. The van der Waals surface area contributed by atoms with Crippen LogP contribution < -0.4 is 9.47 Å². The van der Waals surface area contributed by atoms with Crippen LogP contribution in [-0.2, 0) is 13.2 Å². The minimum atomic E-state index is -0.104. The largest absolute Gasteiger partial charge is 0.496 e. The van der Waals surface area contributed by atoms with Crippen LogP contribution in [-0.4, -0.2) is 23.9 Å². The second kappa shape index (κ2) is 6.73. The third-order valence-corrected chi connectivity index (χ3v) is 4.81. The van der Waals surface area contributed by atoms with Crippen molar-refractivity contribution in [3.63, 3.8) is 0 Å². The minimum Gasteiger partial charge on any atom is -0.496 e. The molecule has 4 nitrogen and oxygen atoms in total. The Labute approximate surface area is 152 Å². The highest BCUT2D eigenvalue weighted by Crippen LogP contribution is 2.43. The predicted octanol–water partition coefficient (Wildman–Crippen LogP) is 4.35. The monoisotopic (exact) mass is 347 g/mol. The van der Waals surface area contributed by atoms with Crippen LogP contribution in [0.5, 0.6) is 11.5 Å². The topological polar surface area (TPSA) is 43.6 Å². The Morgan fingerprint density at radius 1 is 0.923 bits per heavy atom. The third kappa shape index (κ3) is 2.50. The second-order valence-electron chi connectivity index (χ2n) is 6.24. The summed E-state index contributed by atoms with van der Waals surface area (Å²) in [6, 6.07) is 20.5. The number of para-hydroxylation sites is 1. The van der Waals surface area contributed by atoms with Crippen LogP contribution in [0.1, 0.15) is 11.1 Å². The summed E-state index contributed by atoms with van der Waals surface area (Å²) in [5.74, 6) is 1.43. The number of hydrogen-bond acceptors (Lipinski definition) is 3. The molecule has 0 bridgehead atoms. The summed E-state index contributed by atoms with van der Waals surface area (Å²) in [7, 11) is 3.30. The number of benzene rings is 3. The Balaban J connectivity index is 2.12. The number of methoxy groups -OCH3 is 2. The van der Waals surface area contributed by atoms with Crippen LogP contribution >= 0.6 is 0 Å². The molecule has 0 unspecified atom stereocenters. The van der Waals surface area contributed by atoms with Gasteiger partial charge in [-0.3, -0.25) is 0 Å². The first-order valence-corrected chi connectivity index (χ1v) is 8.58. The van der Waals surface area contributed by atoms with Crippen molar-refractivity contribution in [1.82, 2.24) is 4.57 Å². The molecule has 0 atom stereocenters. The van der Waals surface area contributed by atoms with Crippen LogP contribution in [0.3, 0.4) is 0 Å². The average molecular weight is 347 g/mol. The molecule has 4 aromatic rings. The van der Waals surface area contributed by atoms with Crippen molar-refractivity contribution < 1.29 is 14.6 Å². The Hall–Kier alpha value is -2.98. The second-order valence-corrected chi connectivity index (χ2v) is 6.24. The van der Waals surface area contributed by atoms with E-state index in [0.717, 1.165) is 39.7 Å². The summed E-state index contributed by atoms with van der Waals surface area (Å²) < 4.78 is 13.6. The number of aliphatic hydroxyl groups is 1. The Kier molecular flexibility index (Phi) is 4.27. The number of aliphatic hydroxyl groups excluding tert-OH is 1. The number of hydrogen-bond donors (Lipinski definition) is 1. The maximum absolute atomic E-state index is 9.80. The maximum atomic E-state index is 9.80. The molecule has 1 aromatic heterocycles. The van der Waals surface area contributed by atoms with Gasteiger partial charge < -0.3 is 19.1 Å². The van der Waals surface area contributed by atoms with E-state index in [1.54, 1.807) is 14.2 Å². The summed E-state index contributed by atoms with van der Waals surface area (Å²) in [6.07, 6.45) is 0. The van der Waals surface area contributed by atoms with Crippen molar-refractivity contribution in [3.05, 3.63) is 71.8 Å². The molecule has 0 saturated carbocycles. The van der Waals surface area contributed by atoms with Crippen molar-refractivity contribution in [2.75, 3.05) is 14.2 Å². The Morgan fingerprint density at radius 2 is 1.65 bits per heavy atom. The number of nitrogens with zero attached hydrogens (tertiary/aromatic N) is 1. The molecule has 0 amide bonds. The quantitative estimate of drug-likeness (QED) is 0.584. The van der Waals surface area contributed by atoms with Crippen molar-refractivity contribution in [1.29, 1.82) is 0 Å². The number of ether oxygens (including phenoxy) is 2. The Bertz CT molecular complexity index is 1070. The summed E-state index contributed by atoms with van der Waals surface area (Å²) in [4.78, 5) is 0. The zero-order chi connectivity index (χ0) is 18.1. The fraction of sp³-hybridized carbons (Fsp3) is 0.182. The summed E-state index contributed by atoms with van der Waals surface area (Å²) in [5, 5.41) is 11.9. The number of rotatable bonds is 5. The van der Waals surface area contributed by atoms with Gasteiger partial charge in [0.15, 0.2) is 0 Å². The maximum Gasteiger partial charge on any atom is 0.143 e. The van der Waals surface area contributed by atoms with Gasteiger partial charge in [-0.05, 0) is 17.7 Å². The third-order valence-electron chi connectivity index (χ3n) is 4.81. The first kappa shape index (κ1) is 16.5. The standard InChI is InChI=1S/C22H21NO3/c1-25-19-12-16(14-24)22(26-2)20-17-10-6-7-11-18(17)23(21(19)20)13-15-8-4-3-5-9-15/h3-12,24H,13-14H2,1-2H3. The van der Waals surface area contributed by atoms with Gasteiger partial charge in [0.1, 0.15) is 11.5 Å². The van der Waals surface area contributed by atoms with Gasteiger partial charge in [-0.2, -0.15) is 0 Å². The fourth-order valence-corrected chi connectivity index (χ4v) is 3.68. The molecule has 26 heavy (non-hydrogen) atoms. The lowest BCUT2D eigenvalue weighted by molar-refractivity contribution is 0.273. The molecule has 132 valence electrons. The predicted molar refractivity (Wildman–Crippen MR) is 104 cm³/mol. The first-order chi connectivity index (χ1) is 12.8. The average Bonchev–Trinajstić information content (AvgIpc) is 3.02. The van der Waals surface area contributed by atoms with Gasteiger partial charge in [0.05, 0.1) is 31.7 Å². The van der Waals surface area contributed by atoms with Gasteiger partial charge in [-0.15, -0.1) is 0 Å². The van der Waals surface area contributed by atoms with Crippen LogP contribution in [0.25, 0.3) is 21.8 Å². The van der Waals surface area contributed by atoms with Gasteiger partial charge in [0, 0.05) is 23.0 Å². The van der Waals surface area contributed by atoms with Gasteiger partial charge in [0.2, 0.25) is 0 Å². The van der Waals surface area contributed by atoms with E-state index in [4.69, 9.17) is 9.47 Å². The van der Waals surface area contributed by atoms with Crippen LogP contribution in [0.15, 0.2) is 60.7 Å². The molecule has 4 heteroatoms. The molecule has 0 aliphatic carbocycles. The molecule has 3 aromatic carbocycles. The van der Waals surface area contributed by atoms with E-state index in [1.165, 1.54) is 5.56 Å². The van der Waals surface area contributed by atoms with Crippen LogP contribution in [0.4, 0.5) is 0 Å². The lowest BCUT2D eigenvalue weighted by atomic mass is 10.1. The molecule has 0 fully saturated rings. The molecule has 4 rings (SSSR count). The molecular formula is C22H21NO3. The number of aromatic nitrogens is 1. The number of fused-ring (bicyclic) bond motifs is 3. The van der Waals surface area contributed by atoms with Gasteiger partial charge in [0.25, 0.3) is 0 Å². The highest BCUT2D eigenvalue weighted by molar-refractivity contribution is 6.13. The summed E-state index contributed by atoms with van der Waals surface area (Å²) >= 11 is 0. The summed E-state index contributed by atoms with van der Waals surface area (Å²) in [5.41, 5.74) is 4.02. The first-order valence-electron chi connectivity index (χ1n) is 8.58. The van der Waals surface area contributed by atoms with Crippen LogP contribution in [0, 0.1) is 0 Å². The molecule has 0 spiro atoms.